The van der Waals surface area contributed by atoms with Gasteiger partial charge in [-0.25, -0.2) is 0 Å². The Morgan fingerprint density at radius 2 is 2.11 bits per heavy atom. The molecule has 18 heavy (non-hydrogen) atoms. The molecule has 1 rings (SSSR count). The van der Waals surface area contributed by atoms with Crippen LogP contribution < -0.4 is 10.6 Å². The number of aliphatic hydroxyl groups excluding tert-OH is 1. The standard InChI is InChI=1S/C12H24N4O2/c1-8(2)11-10(13)12(16(4)14-11)15(3)6-9(17)7-18-5/h8-9,17H,6-7,13H2,1-5H3. The number of hydrogen-bond acceptors (Lipinski definition) is 5. The fourth-order valence-corrected chi connectivity index (χ4v) is 2.08. The smallest absolute Gasteiger partial charge is 0.150 e. The summed E-state index contributed by atoms with van der Waals surface area (Å²) in [5.41, 5.74) is 7.69. The minimum atomic E-state index is -0.545. The van der Waals surface area contributed by atoms with Gasteiger partial charge >= 0.3 is 0 Å². The number of anilines is 2. The zero-order valence-electron chi connectivity index (χ0n) is 11.8. The van der Waals surface area contributed by atoms with Crippen molar-refractivity contribution in [2.75, 3.05) is 37.9 Å². The van der Waals surface area contributed by atoms with Crippen LogP contribution in [-0.4, -0.2) is 48.3 Å². The third kappa shape index (κ3) is 3.14. The molecular formula is C12H24N4O2. The fraction of sp³-hybridized carbons (Fsp3) is 0.750. The van der Waals surface area contributed by atoms with Crippen molar-refractivity contribution in [2.24, 2.45) is 7.05 Å². The van der Waals surface area contributed by atoms with Gasteiger partial charge in [-0.1, -0.05) is 13.8 Å². The van der Waals surface area contributed by atoms with E-state index in [0.29, 0.717) is 18.8 Å². The van der Waals surface area contributed by atoms with E-state index in [1.807, 2.05) is 19.0 Å². The molecule has 6 heteroatoms. The number of aliphatic hydroxyl groups is 1. The molecule has 6 nitrogen and oxygen atoms in total. The van der Waals surface area contributed by atoms with Crippen molar-refractivity contribution in [1.82, 2.24) is 9.78 Å². The van der Waals surface area contributed by atoms with Crippen LogP contribution in [0.15, 0.2) is 0 Å². The van der Waals surface area contributed by atoms with Gasteiger partial charge in [0.15, 0.2) is 0 Å². The van der Waals surface area contributed by atoms with Gasteiger partial charge in [-0.2, -0.15) is 5.10 Å². The SMILES string of the molecule is COCC(O)CN(C)c1c(N)c(C(C)C)nn1C. The van der Waals surface area contributed by atoms with Gasteiger partial charge < -0.3 is 20.5 Å². The molecule has 0 saturated heterocycles. The van der Waals surface area contributed by atoms with E-state index in [4.69, 9.17) is 10.5 Å². The quantitative estimate of drug-likeness (QED) is 0.778. The highest BCUT2D eigenvalue weighted by Crippen LogP contribution is 2.29. The molecule has 0 fully saturated rings. The summed E-state index contributed by atoms with van der Waals surface area (Å²) in [6, 6.07) is 0. The van der Waals surface area contributed by atoms with Gasteiger partial charge in [-0.05, 0) is 5.92 Å². The van der Waals surface area contributed by atoms with Crippen LogP contribution in [0.3, 0.4) is 0 Å². The first kappa shape index (κ1) is 14.8. The molecule has 0 amide bonds. The van der Waals surface area contributed by atoms with E-state index in [2.05, 4.69) is 18.9 Å². The Kier molecular flexibility index (Phi) is 4.98. The highest BCUT2D eigenvalue weighted by Gasteiger charge is 2.20. The lowest BCUT2D eigenvalue weighted by Crippen LogP contribution is -2.33. The number of aromatic nitrogens is 2. The Hall–Kier alpha value is -1.27. The van der Waals surface area contributed by atoms with E-state index in [-0.39, 0.29) is 5.92 Å². The van der Waals surface area contributed by atoms with Gasteiger partial charge in [0.1, 0.15) is 5.82 Å². The van der Waals surface area contributed by atoms with Crippen LogP contribution in [0.5, 0.6) is 0 Å². The molecule has 0 aliphatic rings. The van der Waals surface area contributed by atoms with Crippen LogP contribution in [0.2, 0.25) is 0 Å². The topological polar surface area (TPSA) is 76.5 Å². The van der Waals surface area contributed by atoms with E-state index in [1.54, 1.807) is 11.8 Å². The van der Waals surface area contributed by atoms with Gasteiger partial charge in [-0.15, -0.1) is 0 Å². The van der Waals surface area contributed by atoms with Crippen LogP contribution in [0.25, 0.3) is 0 Å². The molecule has 0 radical (unpaired) electrons. The summed E-state index contributed by atoms with van der Waals surface area (Å²) in [5.74, 6) is 1.11. The molecule has 0 aliphatic carbocycles. The first-order chi connectivity index (χ1) is 8.38. The van der Waals surface area contributed by atoms with Crippen molar-refractivity contribution in [3.63, 3.8) is 0 Å². The maximum atomic E-state index is 9.74. The third-order valence-electron chi connectivity index (χ3n) is 2.83. The van der Waals surface area contributed by atoms with Crippen molar-refractivity contribution < 1.29 is 9.84 Å². The predicted octanol–water partition coefficient (Wildman–Crippen LogP) is 0.569. The van der Waals surface area contributed by atoms with E-state index in [9.17, 15) is 5.11 Å². The first-order valence-electron chi connectivity index (χ1n) is 6.09. The molecule has 0 saturated carbocycles. The van der Waals surface area contributed by atoms with Gasteiger partial charge in [-0.3, -0.25) is 4.68 Å². The molecule has 0 spiro atoms. The monoisotopic (exact) mass is 256 g/mol. The molecule has 1 atom stereocenters. The van der Waals surface area contributed by atoms with E-state index in [1.165, 1.54) is 0 Å². The van der Waals surface area contributed by atoms with Crippen molar-refractivity contribution in [3.8, 4) is 0 Å². The molecule has 0 aromatic carbocycles. The number of hydrogen-bond donors (Lipinski definition) is 2. The first-order valence-corrected chi connectivity index (χ1v) is 6.09. The highest BCUT2D eigenvalue weighted by atomic mass is 16.5. The molecule has 1 unspecified atom stereocenters. The van der Waals surface area contributed by atoms with Crippen LogP contribution in [0.4, 0.5) is 11.5 Å². The average molecular weight is 256 g/mol. The number of likely N-dealkylation sites (N-methyl/N-ethyl adjacent to an activating group) is 1. The molecule has 104 valence electrons. The van der Waals surface area contributed by atoms with Crippen LogP contribution in [0.1, 0.15) is 25.5 Å². The normalized spacial score (nSPS) is 13.1. The Labute approximate surface area is 108 Å². The van der Waals surface area contributed by atoms with E-state index < -0.39 is 6.10 Å². The van der Waals surface area contributed by atoms with Crippen molar-refractivity contribution in [1.29, 1.82) is 0 Å². The number of methoxy groups -OCH3 is 1. The summed E-state index contributed by atoms with van der Waals surface area (Å²) in [5, 5.41) is 14.2. The summed E-state index contributed by atoms with van der Waals surface area (Å²) in [7, 11) is 5.31. The number of nitrogens with zero attached hydrogens (tertiary/aromatic N) is 3. The third-order valence-corrected chi connectivity index (χ3v) is 2.83. The number of rotatable bonds is 6. The van der Waals surface area contributed by atoms with Gasteiger partial charge in [0, 0.05) is 27.7 Å². The molecule has 1 aromatic rings. The van der Waals surface area contributed by atoms with E-state index in [0.717, 1.165) is 11.5 Å². The largest absolute Gasteiger partial charge is 0.394 e. The van der Waals surface area contributed by atoms with Crippen molar-refractivity contribution in [3.05, 3.63) is 5.69 Å². The second-order valence-corrected chi connectivity index (χ2v) is 4.89. The van der Waals surface area contributed by atoms with Crippen LogP contribution >= 0.6 is 0 Å². The molecule has 3 N–H and O–H groups in total. The Bertz CT molecular complexity index is 390. The molecule has 0 bridgehead atoms. The Balaban J connectivity index is 2.88. The van der Waals surface area contributed by atoms with Gasteiger partial charge in [0.05, 0.1) is 24.1 Å². The average Bonchev–Trinajstić information content (AvgIpc) is 2.54. The highest BCUT2D eigenvalue weighted by molar-refractivity contribution is 5.66. The predicted molar refractivity (Wildman–Crippen MR) is 72.9 cm³/mol. The lowest BCUT2D eigenvalue weighted by atomic mass is 10.1. The maximum absolute atomic E-state index is 9.74. The second kappa shape index (κ2) is 6.06. The van der Waals surface area contributed by atoms with Gasteiger partial charge in [0.2, 0.25) is 0 Å². The number of ether oxygens (including phenoxy) is 1. The molecule has 1 heterocycles. The summed E-state index contributed by atoms with van der Waals surface area (Å²) in [6.45, 7) is 4.87. The van der Waals surface area contributed by atoms with E-state index >= 15 is 0 Å². The summed E-state index contributed by atoms with van der Waals surface area (Å²) < 4.78 is 6.67. The number of aryl methyl sites for hydroxylation is 1. The minimum absolute atomic E-state index is 0.280. The lowest BCUT2D eigenvalue weighted by molar-refractivity contribution is 0.0693. The summed E-state index contributed by atoms with van der Waals surface area (Å²) in [4.78, 5) is 1.90. The summed E-state index contributed by atoms with van der Waals surface area (Å²) >= 11 is 0. The molecule has 0 aliphatic heterocycles. The Morgan fingerprint density at radius 1 is 1.50 bits per heavy atom. The van der Waals surface area contributed by atoms with Crippen LogP contribution in [-0.2, 0) is 11.8 Å². The minimum Gasteiger partial charge on any atom is -0.394 e. The van der Waals surface area contributed by atoms with Crippen molar-refractivity contribution >= 4 is 11.5 Å². The molecular weight excluding hydrogens is 232 g/mol. The maximum Gasteiger partial charge on any atom is 0.150 e. The van der Waals surface area contributed by atoms with Gasteiger partial charge in [0.25, 0.3) is 0 Å². The number of nitrogen functional groups attached to an aromatic ring is 1. The second-order valence-electron chi connectivity index (χ2n) is 4.89. The molecule has 1 aromatic heterocycles. The van der Waals surface area contributed by atoms with Crippen LogP contribution in [0, 0.1) is 0 Å². The lowest BCUT2D eigenvalue weighted by Gasteiger charge is -2.22. The van der Waals surface area contributed by atoms with Crippen molar-refractivity contribution in [2.45, 2.75) is 25.9 Å². The number of nitrogens with two attached hydrogens (primary N) is 1. The Morgan fingerprint density at radius 3 is 2.56 bits per heavy atom. The fourth-order valence-electron chi connectivity index (χ4n) is 2.08. The zero-order chi connectivity index (χ0) is 13.9. The summed E-state index contributed by atoms with van der Waals surface area (Å²) in [6.07, 6.45) is -0.545. The zero-order valence-corrected chi connectivity index (χ0v) is 11.8.